The van der Waals surface area contributed by atoms with Crippen molar-refractivity contribution in [3.05, 3.63) is 137 Å². The molecule has 4 aromatic carbocycles. The van der Waals surface area contributed by atoms with E-state index in [2.05, 4.69) is 27.4 Å². The Kier molecular flexibility index (Phi) is 11.3. The van der Waals surface area contributed by atoms with E-state index in [1.54, 1.807) is 0 Å². The second-order valence-corrected chi connectivity index (χ2v) is 14.0. The van der Waals surface area contributed by atoms with Crippen LogP contribution in [0.5, 0.6) is 0 Å². The summed E-state index contributed by atoms with van der Waals surface area (Å²) in [5, 5.41) is 19.7. The van der Waals surface area contributed by atoms with Crippen LogP contribution in [0, 0.1) is 5.92 Å². The van der Waals surface area contributed by atoms with Crippen molar-refractivity contribution in [2.24, 2.45) is 5.92 Å². The second-order valence-electron chi connectivity index (χ2n) is 13.0. The molecule has 272 valence electrons. The van der Waals surface area contributed by atoms with Gasteiger partial charge in [0.2, 0.25) is 5.91 Å². The lowest BCUT2D eigenvalue weighted by atomic mass is 9.91. The van der Waals surface area contributed by atoms with Crippen LogP contribution in [-0.4, -0.2) is 61.0 Å². The van der Waals surface area contributed by atoms with Crippen molar-refractivity contribution in [2.45, 2.75) is 62.8 Å². The highest BCUT2D eigenvalue weighted by Crippen LogP contribution is 2.43. The summed E-state index contributed by atoms with van der Waals surface area (Å²) in [4.78, 5) is 44.0. The molecule has 13 heteroatoms. The largest absolute Gasteiger partial charge is 0.445 e. The number of alkyl carbamates (subject to hydrolysis) is 1. The number of rotatable bonds is 12. The molecule has 0 saturated carbocycles. The Morgan fingerprint density at radius 1 is 0.925 bits per heavy atom. The molecule has 2 aliphatic heterocycles. The fourth-order valence-corrected chi connectivity index (χ4v) is 7.44. The molecule has 0 aliphatic carbocycles. The number of nitrogens with zero attached hydrogens (tertiary/aromatic N) is 3. The van der Waals surface area contributed by atoms with Crippen LogP contribution in [0.15, 0.2) is 115 Å². The summed E-state index contributed by atoms with van der Waals surface area (Å²) in [5.74, 6) is -0.209. The molecule has 12 nitrogen and oxygen atoms in total. The monoisotopic (exact) mass is 733 g/mol. The van der Waals surface area contributed by atoms with Crippen molar-refractivity contribution in [1.82, 2.24) is 25.4 Å². The molecule has 0 radical (unpaired) electrons. The number of amides is 3. The number of carbonyl (C=O) groups is 3. The number of aromatic amines is 1. The van der Waals surface area contributed by atoms with Gasteiger partial charge in [0, 0.05) is 17.2 Å². The maximum absolute atomic E-state index is 13.2. The van der Waals surface area contributed by atoms with Gasteiger partial charge < -0.3 is 24.6 Å². The molecule has 7 rings (SSSR count). The highest BCUT2D eigenvalue weighted by atomic mass is 32.2. The fourth-order valence-electron chi connectivity index (χ4n) is 6.50. The first kappa shape index (κ1) is 36.0. The van der Waals surface area contributed by atoms with Crippen molar-refractivity contribution in [1.29, 1.82) is 0 Å². The van der Waals surface area contributed by atoms with E-state index in [1.165, 1.54) is 23.0 Å². The van der Waals surface area contributed by atoms with E-state index >= 15 is 0 Å². The van der Waals surface area contributed by atoms with E-state index < -0.39 is 24.3 Å². The van der Waals surface area contributed by atoms with Crippen LogP contribution in [0.4, 0.5) is 4.79 Å². The predicted octanol–water partition coefficient (Wildman–Crippen LogP) is 6.10. The van der Waals surface area contributed by atoms with Crippen LogP contribution in [-0.2, 0) is 43.6 Å². The Morgan fingerprint density at radius 3 is 2.43 bits per heavy atom. The number of aliphatic hydroxyl groups excluding tert-OH is 1. The van der Waals surface area contributed by atoms with Gasteiger partial charge >= 0.3 is 6.09 Å². The first-order chi connectivity index (χ1) is 25.8. The number of hydrogen-bond acceptors (Lipinski definition) is 10. The smallest absolute Gasteiger partial charge is 0.408 e. The Balaban J connectivity index is 1.04. The highest BCUT2D eigenvalue weighted by Gasteiger charge is 2.40. The van der Waals surface area contributed by atoms with Gasteiger partial charge in [-0.1, -0.05) is 110 Å². The van der Waals surface area contributed by atoms with Gasteiger partial charge in [-0.25, -0.2) is 9.78 Å². The normalized spacial score (nSPS) is 21.5. The zero-order chi connectivity index (χ0) is 36.7. The number of ether oxygens (including phenoxy) is 3. The Morgan fingerprint density at radius 2 is 1.68 bits per heavy atom. The third kappa shape index (κ3) is 8.66. The minimum atomic E-state index is -0.988. The lowest BCUT2D eigenvalue weighted by molar-refractivity contribution is -0.268. The zero-order valence-electron chi connectivity index (χ0n) is 29.0. The maximum atomic E-state index is 13.2. The average Bonchev–Trinajstić information content (AvgIpc) is 3.81. The van der Waals surface area contributed by atoms with Crippen molar-refractivity contribution in [2.75, 3.05) is 5.75 Å². The third-order valence-electron chi connectivity index (χ3n) is 9.41. The van der Waals surface area contributed by atoms with E-state index in [0.29, 0.717) is 10.9 Å². The van der Waals surface area contributed by atoms with Gasteiger partial charge in [0.05, 0.1) is 31.8 Å². The summed E-state index contributed by atoms with van der Waals surface area (Å²) in [6, 6.07) is 31.6. The molecular formula is C40H39N5O7S. The van der Waals surface area contributed by atoms with Gasteiger partial charge in [-0.3, -0.25) is 19.6 Å². The van der Waals surface area contributed by atoms with Crippen molar-refractivity contribution >= 4 is 29.7 Å². The van der Waals surface area contributed by atoms with E-state index in [-0.39, 0.29) is 50.2 Å². The Bertz CT molecular complexity index is 2030. The number of likely N-dealkylation sites (tertiary alicyclic amines) is 1. The summed E-state index contributed by atoms with van der Waals surface area (Å²) in [6.45, 7) is 2.20. The van der Waals surface area contributed by atoms with Gasteiger partial charge in [0.1, 0.15) is 19.0 Å². The molecule has 0 spiro atoms. The topological polar surface area (TPSA) is 156 Å². The molecule has 3 amide bonds. The number of carbonyl (C=O) groups excluding carboxylic acids is 3. The number of hydrogen-bond donors (Lipinski definition) is 3. The van der Waals surface area contributed by atoms with Gasteiger partial charge in [0.25, 0.3) is 5.91 Å². The number of thioether (sulfide) groups is 1. The standard InChI is InChI=1S/C40H39N5O7S/c1-25-34(23-53-39-41-24-42-44-39)51-38(52-36(25)29-15-13-26(21-46)14-16-29)32-12-6-11-31(18-32)30-10-5-9-28(17-30)20-45-35(47)19-33(37(45)48)43-40(49)50-22-27-7-3-2-4-8-27/h2-18,24-25,33-34,36,38,46H,19-23H2,1H3,(H,43,49)(H,41,42,44)/t25-,33?,34+,36+,38+/m1/s1. The van der Waals surface area contributed by atoms with Crippen molar-refractivity contribution < 1.29 is 33.7 Å². The molecule has 0 bridgehead atoms. The molecule has 5 atom stereocenters. The van der Waals surface area contributed by atoms with Gasteiger partial charge in [-0.05, 0) is 45.5 Å². The molecule has 2 aliphatic rings. The molecule has 2 saturated heterocycles. The van der Waals surface area contributed by atoms with Crippen LogP contribution in [0.25, 0.3) is 11.1 Å². The lowest BCUT2D eigenvalue weighted by Gasteiger charge is -2.41. The van der Waals surface area contributed by atoms with Crippen LogP contribution in [0.3, 0.4) is 0 Å². The van der Waals surface area contributed by atoms with Crippen molar-refractivity contribution in [3.63, 3.8) is 0 Å². The summed E-state index contributed by atoms with van der Waals surface area (Å²) >= 11 is 1.54. The molecule has 53 heavy (non-hydrogen) atoms. The molecule has 3 N–H and O–H groups in total. The Hall–Kier alpha value is -5.34. The SMILES string of the molecule is C[C@@H]1[C@H](CSc2ncn[nH]2)O[C@H](c2cccc(-c3cccc(CN4C(=O)CC(NC(=O)OCc5ccccc5)C4=O)c3)c2)O[C@@H]1c1ccc(CO)cc1. The minimum Gasteiger partial charge on any atom is -0.445 e. The molecule has 1 unspecified atom stereocenters. The summed E-state index contributed by atoms with van der Waals surface area (Å²) < 4.78 is 18.5. The fraction of sp³-hybridized carbons (Fsp3) is 0.275. The number of nitrogens with one attached hydrogen (secondary N) is 2. The molecule has 1 aromatic heterocycles. The molecule has 3 heterocycles. The van der Waals surface area contributed by atoms with Crippen LogP contribution in [0.1, 0.15) is 53.6 Å². The first-order valence-electron chi connectivity index (χ1n) is 17.3. The predicted molar refractivity (Wildman–Crippen MR) is 196 cm³/mol. The highest BCUT2D eigenvalue weighted by molar-refractivity contribution is 7.99. The van der Waals surface area contributed by atoms with E-state index in [4.69, 9.17) is 14.2 Å². The Labute approximate surface area is 310 Å². The van der Waals surface area contributed by atoms with E-state index in [0.717, 1.165) is 38.9 Å². The summed E-state index contributed by atoms with van der Waals surface area (Å²) in [6.07, 6.45) is -0.527. The maximum Gasteiger partial charge on any atom is 0.408 e. The molecule has 2 fully saturated rings. The number of imide groups is 1. The van der Waals surface area contributed by atoms with Gasteiger partial charge in [-0.2, -0.15) is 5.10 Å². The van der Waals surface area contributed by atoms with Crippen LogP contribution < -0.4 is 5.32 Å². The van der Waals surface area contributed by atoms with Gasteiger partial charge in [0.15, 0.2) is 11.4 Å². The second kappa shape index (κ2) is 16.6. The van der Waals surface area contributed by atoms with E-state index in [9.17, 15) is 19.5 Å². The number of aromatic nitrogens is 3. The van der Waals surface area contributed by atoms with Crippen LogP contribution >= 0.6 is 11.8 Å². The summed E-state index contributed by atoms with van der Waals surface area (Å²) in [5.41, 5.74) is 6.03. The van der Waals surface area contributed by atoms with E-state index in [1.807, 2.05) is 103 Å². The third-order valence-corrected chi connectivity index (χ3v) is 10.4. The first-order valence-corrected chi connectivity index (χ1v) is 18.3. The average molecular weight is 734 g/mol. The lowest BCUT2D eigenvalue weighted by Crippen LogP contribution is -2.41. The zero-order valence-corrected chi connectivity index (χ0v) is 29.8. The molecule has 5 aromatic rings. The van der Waals surface area contributed by atoms with Crippen LogP contribution in [0.2, 0.25) is 0 Å². The van der Waals surface area contributed by atoms with Crippen molar-refractivity contribution in [3.8, 4) is 11.1 Å². The number of aliphatic hydroxyl groups is 1. The summed E-state index contributed by atoms with van der Waals surface area (Å²) in [7, 11) is 0. The van der Waals surface area contributed by atoms with Gasteiger partial charge in [-0.15, -0.1) is 0 Å². The quantitative estimate of drug-likeness (QED) is 0.101. The minimum absolute atomic E-state index is 0.00672. The number of H-pyrrole nitrogens is 1. The molecular weight excluding hydrogens is 695 g/mol. The number of benzene rings is 4.